The van der Waals surface area contributed by atoms with Gasteiger partial charge in [0.1, 0.15) is 13.2 Å². The van der Waals surface area contributed by atoms with Crippen molar-refractivity contribution in [3.8, 4) is 0 Å². The molecule has 0 aromatic heterocycles. The van der Waals surface area contributed by atoms with Crippen LogP contribution in [0.1, 0.15) is 27.2 Å². The van der Waals surface area contributed by atoms with Crippen LogP contribution in [0.15, 0.2) is 24.3 Å². The third kappa shape index (κ3) is 8.11. The fourth-order valence-corrected chi connectivity index (χ4v) is 1.44. The number of ether oxygens (including phenoxy) is 2. The molecule has 8 heteroatoms. The van der Waals surface area contributed by atoms with Gasteiger partial charge < -0.3 is 14.8 Å². The number of esters is 2. The van der Waals surface area contributed by atoms with Gasteiger partial charge >= 0.3 is 18.0 Å². The molecule has 0 aliphatic carbocycles. The van der Waals surface area contributed by atoms with Gasteiger partial charge in [-0.05, 0) is 20.8 Å². The van der Waals surface area contributed by atoms with Crippen LogP contribution in [0.3, 0.4) is 0 Å². The minimum absolute atomic E-state index is 0.0284. The first-order valence-corrected chi connectivity index (χ1v) is 7.44. The Morgan fingerprint density at radius 2 is 1.46 bits per heavy atom. The van der Waals surface area contributed by atoms with E-state index in [1.807, 2.05) is 0 Å². The summed E-state index contributed by atoms with van der Waals surface area (Å²) in [4.78, 5) is 47.2. The number of nitrogens with zero attached hydrogens (tertiary/aromatic N) is 1. The summed E-state index contributed by atoms with van der Waals surface area (Å²) in [5, 5.41) is 2.46. The molecule has 0 bridgehead atoms. The van der Waals surface area contributed by atoms with Crippen LogP contribution in [-0.2, 0) is 23.9 Å². The van der Waals surface area contributed by atoms with E-state index in [4.69, 9.17) is 9.47 Å². The summed E-state index contributed by atoms with van der Waals surface area (Å²) < 4.78 is 9.63. The number of hydrogen-bond acceptors (Lipinski definition) is 6. The minimum Gasteiger partial charge on any atom is -0.462 e. The monoisotopic (exact) mass is 340 g/mol. The molecule has 0 aliphatic heterocycles. The number of amides is 3. The number of carbonyl (C=O) groups is 4. The maximum absolute atomic E-state index is 12.0. The van der Waals surface area contributed by atoms with E-state index in [1.165, 1.54) is 13.8 Å². The Morgan fingerprint density at radius 3 is 1.92 bits per heavy atom. The highest BCUT2D eigenvalue weighted by Crippen LogP contribution is 1.99. The molecule has 0 rings (SSSR count). The Kier molecular flexibility index (Phi) is 9.77. The van der Waals surface area contributed by atoms with Crippen LogP contribution in [0.5, 0.6) is 0 Å². The Bertz CT molecular complexity index is 527. The van der Waals surface area contributed by atoms with E-state index in [2.05, 4.69) is 18.5 Å². The fourth-order valence-electron chi connectivity index (χ4n) is 1.44. The van der Waals surface area contributed by atoms with Crippen LogP contribution >= 0.6 is 0 Å². The van der Waals surface area contributed by atoms with Crippen LogP contribution in [0.4, 0.5) is 4.79 Å². The maximum Gasteiger partial charge on any atom is 0.333 e. The van der Waals surface area contributed by atoms with Crippen LogP contribution in [0.2, 0.25) is 0 Å². The predicted molar refractivity (Wildman–Crippen MR) is 86.9 cm³/mol. The van der Waals surface area contributed by atoms with E-state index in [0.717, 1.165) is 4.90 Å². The molecule has 0 radical (unpaired) electrons. The van der Waals surface area contributed by atoms with Gasteiger partial charge in [0.15, 0.2) is 0 Å². The second-order valence-corrected chi connectivity index (χ2v) is 4.95. The summed E-state index contributed by atoms with van der Waals surface area (Å²) in [5.41, 5.74) is 0.493. The normalized spacial score (nSPS) is 9.62. The molecule has 24 heavy (non-hydrogen) atoms. The zero-order chi connectivity index (χ0) is 18.7. The van der Waals surface area contributed by atoms with E-state index in [1.54, 1.807) is 6.92 Å². The predicted octanol–water partition coefficient (Wildman–Crippen LogP) is 1.17. The average molecular weight is 340 g/mol. The number of hydrogen-bond donors (Lipinski definition) is 1. The van der Waals surface area contributed by atoms with Gasteiger partial charge in [0.05, 0.1) is 13.0 Å². The zero-order valence-corrected chi connectivity index (χ0v) is 14.3. The first-order chi connectivity index (χ1) is 11.2. The minimum atomic E-state index is -0.611. The van der Waals surface area contributed by atoms with Crippen molar-refractivity contribution in [2.24, 2.45) is 0 Å². The van der Waals surface area contributed by atoms with Gasteiger partial charge in [0.25, 0.3) is 0 Å². The summed E-state index contributed by atoms with van der Waals surface area (Å²) in [6.07, 6.45) is -0.120. The lowest BCUT2D eigenvalue weighted by molar-refractivity contribution is -0.141. The molecule has 3 amide bonds. The number of rotatable bonds is 9. The van der Waals surface area contributed by atoms with Crippen LogP contribution in [-0.4, -0.2) is 55.1 Å². The molecule has 0 fully saturated rings. The van der Waals surface area contributed by atoms with Crippen molar-refractivity contribution in [1.82, 2.24) is 10.2 Å². The van der Waals surface area contributed by atoms with Gasteiger partial charge in [-0.2, -0.15) is 0 Å². The van der Waals surface area contributed by atoms with Gasteiger partial charge in [0, 0.05) is 17.7 Å². The summed E-state index contributed by atoms with van der Waals surface area (Å²) in [6.45, 7) is 11.6. The highest BCUT2D eigenvalue weighted by atomic mass is 16.5. The van der Waals surface area contributed by atoms with E-state index in [9.17, 15) is 19.2 Å². The third-order valence-electron chi connectivity index (χ3n) is 2.72. The lowest BCUT2D eigenvalue weighted by Crippen LogP contribution is -2.45. The van der Waals surface area contributed by atoms with Crippen LogP contribution in [0, 0.1) is 0 Å². The molecule has 8 nitrogen and oxygen atoms in total. The van der Waals surface area contributed by atoms with E-state index in [0.29, 0.717) is 0 Å². The second-order valence-electron chi connectivity index (χ2n) is 4.95. The Morgan fingerprint density at radius 1 is 0.958 bits per heavy atom. The topological polar surface area (TPSA) is 102 Å². The highest BCUT2D eigenvalue weighted by Gasteiger charge is 2.19. The molecule has 0 spiro atoms. The smallest absolute Gasteiger partial charge is 0.333 e. The van der Waals surface area contributed by atoms with Gasteiger partial charge in [-0.15, -0.1) is 0 Å². The second kappa shape index (κ2) is 11.0. The molecule has 0 saturated carbocycles. The van der Waals surface area contributed by atoms with E-state index in [-0.39, 0.29) is 43.9 Å². The first-order valence-electron chi connectivity index (χ1n) is 7.44. The SMILES string of the molecule is C=C(C)C(=O)OCCNC(=O)N(CC)C(=O)CCOC(=O)C(=C)C. The molecule has 0 saturated heterocycles. The molecule has 0 aromatic rings. The lowest BCUT2D eigenvalue weighted by atomic mass is 10.3. The molecule has 0 heterocycles. The van der Waals surface area contributed by atoms with Crippen LogP contribution < -0.4 is 5.32 Å². The summed E-state index contributed by atoms with van der Waals surface area (Å²) in [5.74, 6) is -1.62. The van der Waals surface area contributed by atoms with Crippen molar-refractivity contribution < 1.29 is 28.7 Å². The summed E-state index contributed by atoms with van der Waals surface area (Å²) in [7, 11) is 0. The first kappa shape index (κ1) is 21.4. The number of carbonyl (C=O) groups excluding carboxylic acids is 4. The number of urea groups is 1. The molecular formula is C16H24N2O6. The van der Waals surface area contributed by atoms with Gasteiger partial charge in [-0.1, -0.05) is 13.2 Å². The van der Waals surface area contributed by atoms with Gasteiger partial charge in [-0.25, -0.2) is 14.4 Å². The average Bonchev–Trinajstić information content (AvgIpc) is 2.51. The largest absolute Gasteiger partial charge is 0.462 e. The molecule has 0 atom stereocenters. The molecule has 0 aliphatic rings. The zero-order valence-electron chi connectivity index (χ0n) is 14.3. The Hall–Kier alpha value is -2.64. The molecular weight excluding hydrogens is 316 g/mol. The Balaban J connectivity index is 4.21. The number of imide groups is 1. The van der Waals surface area contributed by atoms with Crippen molar-refractivity contribution in [1.29, 1.82) is 0 Å². The van der Waals surface area contributed by atoms with E-state index >= 15 is 0 Å². The molecule has 1 N–H and O–H groups in total. The van der Waals surface area contributed by atoms with Crippen molar-refractivity contribution in [3.05, 3.63) is 24.3 Å². The van der Waals surface area contributed by atoms with Crippen LogP contribution in [0.25, 0.3) is 0 Å². The van der Waals surface area contributed by atoms with Gasteiger partial charge in [0.2, 0.25) is 5.91 Å². The van der Waals surface area contributed by atoms with E-state index < -0.39 is 23.9 Å². The number of nitrogens with one attached hydrogen (secondary N) is 1. The standard InChI is InChI=1S/C16H24N2O6/c1-6-18(13(19)7-9-23-14(20)11(2)3)16(22)17-8-10-24-15(21)12(4)5/h2,4,6-10H2,1,3,5H3,(H,17,22). The van der Waals surface area contributed by atoms with Crippen molar-refractivity contribution >= 4 is 23.9 Å². The van der Waals surface area contributed by atoms with Crippen molar-refractivity contribution in [2.75, 3.05) is 26.3 Å². The Labute approximate surface area is 141 Å². The summed E-state index contributed by atoms with van der Waals surface area (Å²) in [6, 6.07) is -0.611. The van der Waals surface area contributed by atoms with Crippen molar-refractivity contribution in [2.45, 2.75) is 27.2 Å². The third-order valence-corrected chi connectivity index (χ3v) is 2.72. The quantitative estimate of drug-likeness (QED) is 0.384. The lowest BCUT2D eigenvalue weighted by Gasteiger charge is -2.19. The molecule has 134 valence electrons. The van der Waals surface area contributed by atoms with Crippen molar-refractivity contribution in [3.63, 3.8) is 0 Å². The van der Waals surface area contributed by atoms with Gasteiger partial charge in [-0.3, -0.25) is 9.69 Å². The highest BCUT2D eigenvalue weighted by molar-refractivity contribution is 5.94. The maximum atomic E-state index is 12.0. The fraction of sp³-hybridized carbons (Fsp3) is 0.500. The molecule has 0 aromatic carbocycles. The molecule has 0 unspecified atom stereocenters. The summed E-state index contributed by atoms with van der Waals surface area (Å²) >= 11 is 0.